The average molecular weight is 196 g/mol. The van der Waals surface area contributed by atoms with E-state index in [2.05, 4.69) is 10.5 Å². The maximum Gasteiger partial charge on any atom is 0.233 e. The molecule has 5 heteroatoms. The molecule has 5 nitrogen and oxygen atoms in total. The summed E-state index contributed by atoms with van der Waals surface area (Å²) in [6.07, 6.45) is 7.15. The quantitative estimate of drug-likeness (QED) is 0.300. The van der Waals surface area contributed by atoms with E-state index in [0.29, 0.717) is 6.42 Å². The SMILES string of the molecule is NNC(=O)CCCCCn1cccn1. The Morgan fingerprint density at radius 2 is 2.29 bits per heavy atom. The number of nitrogens with zero attached hydrogens (tertiary/aromatic N) is 2. The number of nitrogens with two attached hydrogens (primary N) is 1. The largest absolute Gasteiger partial charge is 0.294 e. The van der Waals surface area contributed by atoms with Gasteiger partial charge in [0, 0.05) is 25.4 Å². The average Bonchev–Trinajstić information content (AvgIpc) is 2.69. The summed E-state index contributed by atoms with van der Waals surface area (Å²) in [6, 6.07) is 1.90. The normalized spacial score (nSPS) is 10.1. The monoisotopic (exact) mass is 196 g/mol. The molecule has 0 aliphatic carbocycles. The van der Waals surface area contributed by atoms with Gasteiger partial charge in [-0.15, -0.1) is 0 Å². The van der Waals surface area contributed by atoms with Gasteiger partial charge in [0.1, 0.15) is 0 Å². The molecule has 0 radical (unpaired) electrons. The molecule has 0 aliphatic rings. The highest BCUT2D eigenvalue weighted by molar-refractivity contribution is 5.74. The molecule has 1 heterocycles. The van der Waals surface area contributed by atoms with E-state index in [1.54, 1.807) is 6.20 Å². The Kier molecular flexibility index (Phi) is 4.71. The minimum Gasteiger partial charge on any atom is -0.294 e. The fourth-order valence-electron chi connectivity index (χ4n) is 1.24. The van der Waals surface area contributed by atoms with Crippen LogP contribution in [0.25, 0.3) is 0 Å². The molecule has 0 unspecified atom stereocenters. The third-order valence-electron chi connectivity index (χ3n) is 2.01. The molecule has 0 saturated carbocycles. The van der Waals surface area contributed by atoms with Crippen LogP contribution in [0, 0.1) is 0 Å². The Morgan fingerprint density at radius 1 is 1.43 bits per heavy atom. The predicted molar refractivity (Wildman–Crippen MR) is 53.0 cm³/mol. The number of nitrogens with one attached hydrogen (secondary N) is 1. The molecule has 3 N–H and O–H groups in total. The minimum atomic E-state index is -0.0934. The third kappa shape index (κ3) is 4.04. The van der Waals surface area contributed by atoms with Crippen molar-refractivity contribution in [2.24, 2.45) is 5.84 Å². The number of amides is 1. The summed E-state index contributed by atoms with van der Waals surface area (Å²) in [5, 5.41) is 4.08. The van der Waals surface area contributed by atoms with Gasteiger partial charge in [-0.25, -0.2) is 5.84 Å². The zero-order valence-corrected chi connectivity index (χ0v) is 8.15. The molecule has 1 aromatic heterocycles. The van der Waals surface area contributed by atoms with Gasteiger partial charge in [0.15, 0.2) is 0 Å². The van der Waals surface area contributed by atoms with Gasteiger partial charge in [-0.3, -0.25) is 14.9 Å². The molecule has 0 saturated heterocycles. The van der Waals surface area contributed by atoms with Crippen molar-refractivity contribution in [1.82, 2.24) is 15.2 Å². The first-order chi connectivity index (χ1) is 6.83. The second kappa shape index (κ2) is 6.15. The molecular weight excluding hydrogens is 180 g/mol. The van der Waals surface area contributed by atoms with E-state index in [9.17, 15) is 4.79 Å². The summed E-state index contributed by atoms with van der Waals surface area (Å²) in [7, 11) is 0. The van der Waals surface area contributed by atoms with E-state index in [4.69, 9.17) is 5.84 Å². The van der Waals surface area contributed by atoms with Crippen LogP contribution in [-0.2, 0) is 11.3 Å². The van der Waals surface area contributed by atoms with Gasteiger partial charge < -0.3 is 0 Å². The van der Waals surface area contributed by atoms with Crippen LogP contribution >= 0.6 is 0 Å². The number of unbranched alkanes of at least 4 members (excludes halogenated alkanes) is 2. The van der Waals surface area contributed by atoms with Crippen LogP contribution in [0.5, 0.6) is 0 Å². The number of hydrogen-bond acceptors (Lipinski definition) is 3. The number of hydrogen-bond donors (Lipinski definition) is 2. The van der Waals surface area contributed by atoms with Gasteiger partial charge >= 0.3 is 0 Å². The Hall–Kier alpha value is -1.36. The Bertz CT molecular complexity index is 258. The van der Waals surface area contributed by atoms with E-state index in [1.807, 2.05) is 16.9 Å². The van der Waals surface area contributed by atoms with Crippen molar-refractivity contribution in [3.8, 4) is 0 Å². The Balaban J connectivity index is 1.97. The fraction of sp³-hybridized carbons (Fsp3) is 0.556. The molecule has 0 atom stereocenters. The maximum absolute atomic E-state index is 10.7. The Labute approximate surface area is 83.2 Å². The smallest absolute Gasteiger partial charge is 0.233 e. The van der Waals surface area contributed by atoms with Crippen molar-refractivity contribution in [1.29, 1.82) is 0 Å². The molecule has 0 aliphatic heterocycles. The van der Waals surface area contributed by atoms with Gasteiger partial charge in [0.05, 0.1) is 0 Å². The molecule has 78 valence electrons. The molecule has 0 aromatic carbocycles. The number of carbonyl (C=O) groups excluding carboxylic acids is 1. The summed E-state index contributed by atoms with van der Waals surface area (Å²) >= 11 is 0. The van der Waals surface area contributed by atoms with Gasteiger partial charge in [-0.2, -0.15) is 5.10 Å². The number of rotatable bonds is 6. The molecule has 14 heavy (non-hydrogen) atoms. The lowest BCUT2D eigenvalue weighted by Gasteiger charge is -2.01. The number of hydrazine groups is 1. The van der Waals surface area contributed by atoms with Crippen LogP contribution in [-0.4, -0.2) is 15.7 Å². The Morgan fingerprint density at radius 3 is 2.93 bits per heavy atom. The van der Waals surface area contributed by atoms with E-state index in [1.165, 1.54) is 0 Å². The number of aromatic nitrogens is 2. The van der Waals surface area contributed by atoms with Crippen LogP contribution in [0.2, 0.25) is 0 Å². The second-order valence-electron chi connectivity index (χ2n) is 3.15. The lowest BCUT2D eigenvalue weighted by atomic mass is 10.2. The van der Waals surface area contributed by atoms with E-state index in [-0.39, 0.29) is 5.91 Å². The van der Waals surface area contributed by atoms with E-state index in [0.717, 1.165) is 25.8 Å². The van der Waals surface area contributed by atoms with Crippen molar-refractivity contribution >= 4 is 5.91 Å². The highest BCUT2D eigenvalue weighted by atomic mass is 16.2. The van der Waals surface area contributed by atoms with Crippen molar-refractivity contribution in [3.63, 3.8) is 0 Å². The van der Waals surface area contributed by atoms with Crippen LogP contribution in [0.1, 0.15) is 25.7 Å². The molecule has 0 fully saturated rings. The second-order valence-corrected chi connectivity index (χ2v) is 3.15. The van der Waals surface area contributed by atoms with Crippen LogP contribution in [0.3, 0.4) is 0 Å². The van der Waals surface area contributed by atoms with Gasteiger partial charge in [0.25, 0.3) is 0 Å². The predicted octanol–water partition coefficient (Wildman–Crippen LogP) is 0.433. The third-order valence-corrected chi connectivity index (χ3v) is 2.01. The van der Waals surface area contributed by atoms with Crippen molar-refractivity contribution in [3.05, 3.63) is 18.5 Å². The zero-order valence-electron chi connectivity index (χ0n) is 8.15. The van der Waals surface area contributed by atoms with Gasteiger partial charge in [-0.05, 0) is 18.9 Å². The maximum atomic E-state index is 10.7. The molecule has 1 aromatic rings. The van der Waals surface area contributed by atoms with Crippen LogP contribution < -0.4 is 11.3 Å². The highest BCUT2D eigenvalue weighted by Crippen LogP contribution is 2.01. The highest BCUT2D eigenvalue weighted by Gasteiger charge is 1.97. The van der Waals surface area contributed by atoms with Crippen LogP contribution in [0.15, 0.2) is 18.5 Å². The number of aryl methyl sites for hydroxylation is 1. The van der Waals surface area contributed by atoms with E-state index >= 15 is 0 Å². The van der Waals surface area contributed by atoms with Gasteiger partial charge in [-0.1, -0.05) is 6.42 Å². The van der Waals surface area contributed by atoms with Crippen molar-refractivity contribution < 1.29 is 4.79 Å². The van der Waals surface area contributed by atoms with Crippen LogP contribution in [0.4, 0.5) is 0 Å². The summed E-state index contributed by atoms with van der Waals surface area (Å²) < 4.78 is 1.89. The molecular formula is C9H16N4O. The minimum absolute atomic E-state index is 0.0934. The lowest BCUT2D eigenvalue weighted by molar-refractivity contribution is -0.121. The standard InChI is InChI=1S/C9H16N4O/c10-12-9(14)5-2-1-3-7-13-8-4-6-11-13/h4,6,8H,1-3,5,7,10H2,(H,12,14). The zero-order chi connectivity index (χ0) is 10.2. The lowest BCUT2D eigenvalue weighted by Crippen LogP contribution is -2.29. The molecule has 1 amide bonds. The molecule has 0 bridgehead atoms. The van der Waals surface area contributed by atoms with E-state index < -0.39 is 0 Å². The summed E-state index contributed by atoms with van der Waals surface area (Å²) in [4.78, 5) is 10.7. The van der Waals surface area contributed by atoms with Crippen molar-refractivity contribution in [2.75, 3.05) is 0 Å². The number of carbonyl (C=O) groups is 1. The van der Waals surface area contributed by atoms with Gasteiger partial charge in [0.2, 0.25) is 5.91 Å². The van der Waals surface area contributed by atoms with Crippen molar-refractivity contribution in [2.45, 2.75) is 32.2 Å². The summed E-state index contributed by atoms with van der Waals surface area (Å²) in [6.45, 7) is 0.914. The topological polar surface area (TPSA) is 72.9 Å². The fourth-order valence-corrected chi connectivity index (χ4v) is 1.24. The molecule has 0 spiro atoms. The summed E-state index contributed by atoms with van der Waals surface area (Å²) in [5.74, 6) is 4.86. The first-order valence-corrected chi connectivity index (χ1v) is 4.80. The summed E-state index contributed by atoms with van der Waals surface area (Å²) in [5.41, 5.74) is 2.11. The molecule has 1 rings (SSSR count). The first kappa shape index (κ1) is 10.7. The first-order valence-electron chi connectivity index (χ1n) is 4.80.